The first kappa shape index (κ1) is 21.3. The maximum atomic E-state index is 12.9. The molecule has 1 aliphatic rings. The van der Waals surface area contributed by atoms with Crippen molar-refractivity contribution in [2.75, 3.05) is 11.6 Å². The number of imidazole rings is 1. The van der Waals surface area contributed by atoms with Crippen LogP contribution in [0.1, 0.15) is 69.8 Å². The van der Waals surface area contributed by atoms with Crippen LogP contribution in [0.4, 0.5) is 0 Å². The van der Waals surface area contributed by atoms with Gasteiger partial charge in [0.1, 0.15) is 0 Å². The van der Waals surface area contributed by atoms with E-state index in [9.17, 15) is 14.4 Å². The zero-order valence-corrected chi connectivity index (χ0v) is 17.4. The van der Waals surface area contributed by atoms with Crippen LogP contribution in [0.25, 0.3) is 11.0 Å². The number of nitrogens with zero attached hydrogens (tertiary/aromatic N) is 3. The third-order valence-electron chi connectivity index (χ3n) is 5.73. The molecule has 0 saturated carbocycles. The van der Waals surface area contributed by atoms with E-state index in [1.54, 1.807) is 11.6 Å². The second-order valence-corrected chi connectivity index (χ2v) is 7.90. The van der Waals surface area contributed by atoms with Gasteiger partial charge in [0, 0.05) is 19.9 Å². The van der Waals surface area contributed by atoms with Gasteiger partial charge in [-0.2, -0.15) is 9.69 Å². The average Bonchev–Trinajstić information content (AvgIpc) is 2.96. The van der Waals surface area contributed by atoms with Crippen molar-refractivity contribution in [3.8, 4) is 0 Å². The van der Waals surface area contributed by atoms with Crippen LogP contribution in [-0.2, 0) is 23.1 Å². The minimum absolute atomic E-state index is 0.291. The molecule has 1 aromatic carbocycles. The van der Waals surface area contributed by atoms with Crippen LogP contribution in [0.3, 0.4) is 0 Å². The van der Waals surface area contributed by atoms with E-state index in [0.29, 0.717) is 24.8 Å². The van der Waals surface area contributed by atoms with Crippen LogP contribution in [-0.4, -0.2) is 27.6 Å². The van der Waals surface area contributed by atoms with E-state index in [1.165, 1.54) is 30.4 Å². The molecule has 0 unspecified atom stereocenters. The summed E-state index contributed by atoms with van der Waals surface area (Å²) in [6.07, 6.45) is 10.2. The van der Waals surface area contributed by atoms with Crippen molar-refractivity contribution in [3.05, 3.63) is 34.2 Å². The second-order valence-electron chi connectivity index (χ2n) is 7.90. The molecule has 0 atom stereocenters. The normalized spacial score (nSPS) is 14.9. The van der Waals surface area contributed by atoms with Gasteiger partial charge in [0.15, 0.2) is 0 Å². The standard InChI is InChI=1S/C22H32N4O3/c1-24-21-17(11-7-5-3-2-4-6-8-16-23)12-9-13-18(21)25(22(24)29)26-19(27)14-10-15-20(26)28/h9,12-13H,2-8,10-11,14-16,23H2,1H3. The summed E-state index contributed by atoms with van der Waals surface area (Å²) in [6.45, 7) is 0.775. The monoisotopic (exact) mass is 400 g/mol. The summed E-state index contributed by atoms with van der Waals surface area (Å²) < 4.78 is 2.83. The Morgan fingerprint density at radius 1 is 0.897 bits per heavy atom. The molecule has 0 spiro atoms. The van der Waals surface area contributed by atoms with E-state index in [2.05, 4.69) is 0 Å². The number of rotatable bonds is 10. The molecule has 0 aliphatic carbocycles. The van der Waals surface area contributed by atoms with Gasteiger partial charge in [0.05, 0.1) is 11.0 Å². The number of aryl methyl sites for hydroxylation is 2. The molecule has 2 amide bonds. The highest BCUT2D eigenvalue weighted by atomic mass is 16.2. The highest BCUT2D eigenvalue weighted by Crippen LogP contribution is 2.22. The average molecular weight is 401 g/mol. The number of piperidine rings is 1. The fourth-order valence-corrected chi connectivity index (χ4v) is 4.18. The highest BCUT2D eigenvalue weighted by Gasteiger charge is 2.31. The van der Waals surface area contributed by atoms with E-state index < -0.39 is 0 Å². The van der Waals surface area contributed by atoms with Crippen LogP contribution in [0.2, 0.25) is 0 Å². The highest BCUT2D eigenvalue weighted by molar-refractivity contribution is 6.11. The number of para-hydroxylation sites is 1. The van der Waals surface area contributed by atoms with Crippen LogP contribution in [0.5, 0.6) is 0 Å². The number of hydrogen-bond acceptors (Lipinski definition) is 4. The maximum Gasteiger partial charge on any atom is 0.348 e. The molecular weight excluding hydrogens is 368 g/mol. The van der Waals surface area contributed by atoms with Gasteiger partial charge < -0.3 is 5.73 Å². The van der Waals surface area contributed by atoms with Gasteiger partial charge >= 0.3 is 5.69 Å². The summed E-state index contributed by atoms with van der Waals surface area (Å²) >= 11 is 0. The lowest BCUT2D eigenvalue weighted by atomic mass is 10.0. The number of fused-ring (bicyclic) bond motifs is 1. The third-order valence-corrected chi connectivity index (χ3v) is 5.73. The number of hydrogen-bond donors (Lipinski definition) is 1. The molecule has 158 valence electrons. The van der Waals surface area contributed by atoms with Gasteiger partial charge in [-0.3, -0.25) is 14.2 Å². The number of imide groups is 1. The van der Waals surface area contributed by atoms with E-state index in [1.807, 2.05) is 18.2 Å². The van der Waals surface area contributed by atoms with E-state index in [-0.39, 0.29) is 17.5 Å². The van der Waals surface area contributed by atoms with Gasteiger partial charge in [0.2, 0.25) is 11.8 Å². The SMILES string of the molecule is Cn1c(=O)n(N2C(=O)CCCC2=O)c2cccc(CCCCCCCCCN)c21. The molecule has 7 nitrogen and oxygen atoms in total. The van der Waals surface area contributed by atoms with Gasteiger partial charge in [-0.1, -0.05) is 44.2 Å². The summed E-state index contributed by atoms with van der Waals surface area (Å²) in [5, 5.41) is 1.04. The Bertz CT molecular complexity index is 912. The van der Waals surface area contributed by atoms with E-state index >= 15 is 0 Å². The van der Waals surface area contributed by atoms with Gasteiger partial charge in [-0.25, -0.2) is 4.79 Å². The molecule has 0 bridgehead atoms. The molecule has 1 saturated heterocycles. The molecule has 2 heterocycles. The van der Waals surface area contributed by atoms with Crippen molar-refractivity contribution < 1.29 is 9.59 Å². The molecule has 1 aliphatic heterocycles. The van der Waals surface area contributed by atoms with Crippen molar-refractivity contribution in [2.45, 2.75) is 70.6 Å². The van der Waals surface area contributed by atoms with Crippen LogP contribution in [0, 0.1) is 0 Å². The molecular formula is C22H32N4O3. The Kier molecular flexibility index (Phi) is 7.25. The first-order valence-corrected chi connectivity index (χ1v) is 10.8. The van der Waals surface area contributed by atoms with Gasteiger partial charge in [0.25, 0.3) is 0 Å². The fraction of sp³-hybridized carbons (Fsp3) is 0.591. The zero-order valence-electron chi connectivity index (χ0n) is 17.4. The Hall–Kier alpha value is -2.41. The molecule has 1 aromatic heterocycles. The minimum Gasteiger partial charge on any atom is -0.330 e. The molecule has 2 aromatic rings. The Morgan fingerprint density at radius 2 is 1.52 bits per heavy atom. The lowest BCUT2D eigenvalue weighted by molar-refractivity contribution is -0.131. The lowest BCUT2D eigenvalue weighted by Gasteiger charge is -2.25. The van der Waals surface area contributed by atoms with Crippen molar-refractivity contribution in [2.24, 2.45) is 12.8 Å². The topological polar surface area (TPSA) is 90.3 Å². The number of unbranched alkanes of at least 4 members (excludes halogenated alkanes) is 6. The second kappa shape index (κ2) is 9.87. The summed E-state index contributed by atoms with van der Waals surface area (Å²) in [5.41, 5.74) is 7.69. The molecule has 7 heteroatoms. The van der Waals surface area contributed by atoms with Crippen LogP contribution < -0.4 is 16.4 Å². The maximum absolute atomic E-state index is 12.9. The number of benzene rings is 1. The van der Waals surface area contributed by atoms with Crippen LogP contribution >= 0.6 is 0 Å². The van der Waals surface area contributed by atoms with Crippen molar-refractivity contribution in [3.63, 3.8) is 0 Å². The largest absolute Gasteiger partial charge is 0.348 e. The van der Waals surface area contributed by atoms with Crippen molar-refractivity contribution in [1.82, 2.24) is 9.24 Å². The third kappa shape index (κ3) is 4.61. The Morgan fingerprint density at radius 3 is 2.17 bits per heavy atom. The molecule has 3 rings (SSSR count). The van der Waals surface area contributed by atoms with Crippen molar-refractivity contribution >= 4 is 22.8 Å². The Balaban J connectivity index is 1.75. The molecule has 0 radical (unpaired) electrons. The smallest absolute Gasteiger partial charge is 0.330 e. The van der Waals surface area contributed by atoms with E-state index in [4.69, 9.17) is 5.73 Å². The first-order chi connectivity index (χ1) is 14.1. The molecule has 29 heavy (non-hydrogen) atoms. The summed E-state index contributed by atoms with van der Waals surface area (Å²) in [5.74, 6) is -0.619. The zero-order chi connectivity index (χ0) is 20.8. The first-order valence-electron chi connectivity index (χ1n) is 10.8. The Labute approximate surface area is 171 Å². The van der Waals surface area contributed by atoms with Gasteiger partial charge in [-0.15, -0.1) is 0 Å². The predicted octanol–water partition coefficient (Wildman–Crippen LogP) is 2.75. The number of carbonyl (C=O) groups is 2. The fourth-order valence-electron chi connectivity index (χ4n) is 4.18. The van der Waals surface area contributed by atoms with Gasteiger partial charge in [-0.05, 0) is 43.9 Å². The minimum atomic E-state index is -0.351. The number of aromatic nitrogens is 2. The summed E-state index contributed by atoms with van der Waals surface area (Å²) in [4.78, 5) is 37.6. The number of amides is 2. The molecule has 1 fully saturated rings. The molecule has 2 N–H and O–H groups in total. The van der Waals surface area contributed by atoms with Crippen LogP contribution in [0.15, 0.2) is 23.0 Å². The van der Waals surface area contributed by atoms with Crippen molar-refractivity contribution in [1.29, 1.82) is 0 Å². The number of nitrogens with two attached hydrogens (primary N) is 1. The summed E-state index contributed by atoms with van der Waals surface area (Å²) in [7, 11) is 1.71. The summed E-state index contributed by atoms with van der Waals surface area (Å²) in [6, 6.07) is 5.75. The number of carbonyl (C=O) groups excluding carboxylic acids is 2. The van der Waals surface area contributed by atoms with E-state index in [0.717, 1.165) is 48.3 Å². The predicted molar refractivity (Wildman–Crippen MR) is 114 cm³/mol. The lowest BCUT2D eigenvalue weighted by Crippen LogP contribution is -2.52. The quantitative estimate of drug-likeness (QED) is 0.490.